The lowest BCUT2D eigenvalue weighted by molar-refractivity contribution is 0.00578. The molecule has 0 unspecified atom stereocenters. The van der Waals surface area contributed by atoms with E-state index in [0.29, 0.717) is 23.7 Å². The van der Waals surface area contributed by atoms with E-state index in [-0.39, 0.29) is 0 Å². The Labute approximate surface area is 160 Å². The highest BCUT2D eigenvalue weighted by Crippen LogP contribution is 2.39. The lowest BCUT2D eigenvalue weighted by atomic mass is 9.90. The van der Waals surface area contributed by atoms with E-state index in [4.69, 9.17) is 18.7 Å². The number of carbonyl (C=O) groups excluding carboxylic acids is 1. The van der Waals surface area contributed by atoms with E-state index < -0.39 is 18.5 Å². The van der Waals surface area contributed by atoms with Crippen LogP contribution >= 0.6 is 0 Å². The maximum Gasteiger partial charge on any atom is 0.714 e. The first-order valence-electron chi connectivity index (χ1n) is 9.01. The van der Waals surface area contributed by atoms with Gasteiger partial charge in [-0.25, -0.2) is 0 Å². The largest absolute Gasteiger partial charge is 0.714 e. The number of rotatable bonds is 6. The molecular weight excluding hydrogens is 343 g/mol. The van der Waals surface area contributed by atoms with Gasteiger partial charge in [0, 0.05) is 5.56 Å². The third kappa shape index (κ3) is 4.02. The number of hydrogen-bond donors (Lipinski definition) is 0. The molecule has 142 valence electrons. The number of benzene rings is 2. The Morgan fingerprint density at radius 2 is 1.63 bits per heavy atom. The van der Waals surface area contributed by atoms with Gasteiger partial charge in [0.25, 0.3) is 0 Å². The standard InChI is InChI=1S/C21H25BO5/c1-15-18(24-14-16-9-7-6-8-10-16)12-11-17(13-23)19(15)25-22-26-20(2,3)21(4,5)27-22/h6-13H,14H2,1-5H3. The summed E-state index contributed by atoms with van der Waals surface area (Å²) in [6.07, 6.45) is 0.758. The van der Waals surface area contributed by atoms with Gasteiger partial charge in [-0.2, -0.15) is 0 Å². The summed E-state index contributed by atoms with van der Waals surface area (Å²) in [5, 5.41) is 0. The van der Waals surface area contributed by atoms with Crippen molar-refractivity contribution >= 4 is 13.6 Å². The van der Waals surface area contributed by atoms with Gasteiger partial charge >= 0.3 is 7.32 Å². The maximum absolute atomic E-state index is 11.5. The van der Waals surface area contributed by atoms with Crippen molar-refractivity contribution in [3.63, 3.8) is 0 Å². The minimum Gasteiger partial charge on any atom is -0.511 e. The second kappa shape index (κ2) is 7.37. The van der Waals surface area contributed by atoms with Crippen molar-refractivity contribution in [3.05, 3.63) is 59.2 Å². The molecule has 1 saturated heterocycles. The first kappa shape index (κ1) is 19.5. The molecule has 2 aromatic rings. The molecule has 0 aromatic heterocycles. The molecule has 27 heavy (non-hydrogen) atoms. The summed E-state index contributed by atoms with van der Waals surface area (Å²) in [5.41, 5.74) is 1.17. The normalized spacial score (nSPS) is 17.6. The molecule has 6 heteroatoms. The molecular formula is C21H25BO5. The molecule has 0 spiro atoms. The number of ether oxygens (including phenoxy) is 1. The summed E-state index contributed by atoms with van der Waals surface area (Å²) in [4.78, 5) is 11.5. The van der Waals surface area contributed by atoms with Crippen LogP contribution in [-0.4, -0.2) is 24.8 Å². The smallest absolute Gasteiger partial charge is 0.511 e. The number of carbonyl (C=O) groups is 1. The van der Waals surface area contributed by atoms with Gasteiger partial charge in [0.1, 0.15) is 18.1 Å². The van der Waals surface area contributed by atoms with Crippen LogP contribution in [0.5, 0.6) is 11.5 Å². The Morgan fingerprint density at radius 3 is 2.22 bits per heavy atom. The lowest BCUT2D eigenvalue weighted by Crippen LogP contribution is -2.41. The molecule has 3 rings (SSSR count). The van der Waals surface area contributed by atoms with Gasteiger partial charge in [-0.15, -0.1) is 0 Å². The van der Waals surface area contributed by atoms with Crippen molar-refractivity contribution in [2.24, 2.45) is 0 Å². The summed E-state index contributed by atoms with van der Waals surface area (Å²) < 4.78 is 23.6. The Hall–Kier alpha value is -2.31. The molecule has 1 aliphatic rings. The van der Waals surface area contributed by atoms with E-state index in [1.165, 1.54) is 0 Å². The molecule has 0 saturated carbocycles. The minimum absolute atomic E-state index is 0.411. The molecule has 1 fully saturated rings. The summed E-state index contributed by atoms with van der Waals surface area (Å²) in [7, 11) is -0.892. The molecule has 2 aromatic carbocycles. The van der Waals surface area contributed by atoms with Crippen molar-refractivity contribution in [3.8, 4) is 11.5 Å². The summed E-state index contributed by atoms with van der Waals surface area (Å²) in [6, 6.07) is 13.3. The second-order valence-corrected chi connectivity index (χ2v) is 7.66. The number of aldehydes is 1. The monoisotopic (exact) mass is 368 g/mol. The van der Waals surface area contributed by atoms with E-state index in [0.717, 1.165) is 17.4 Å². The van der Waals surface area contributed by atoms with Gasteiger partial charge in [-0.05, 0) is 52.3 Å². The fourth-order valence-corrected chi connectivity index (χ4v) is 2.77. The van der Waals surface area contributed by atoms with Crippen molar-refractivity contribution in [2.45, 2.75) is 52.4 Å². The van der Waals surface area contributed by atoms with Crippen molar-refractivity contribution in [1.29, 1.82) is 0 Å². The summed E-state index contributed by atoms with van der Waals surface area (Å²) in [6.45, 7) is 10.1. The Balaban J connectivity index is 1.81. The van der Waals surface area contributed by atoms with Crippen LogP contribution in [0.1, 0.15) is 49.2 Å². The molecule has 0 amide bonds. The van der Waals surface area contributed by atoms with Gasteiger partial charge in [-0.3, -0.25) is 4.79 Å². The third-order valence-electron chi connectivity index (χ3n) is 5.20. The average Bonchev–Trinajstić information content (AvgIpc) is 2.83. The van der Waals surface area contributed by atoms with Gasteiger partial charge in [0.2, 0.25) is 0 Å². The third-order valence-corrected chi connectivity index (χ3v) is 5.20. The SMILES string of the molecule is Cc1c(OCc2ccccc2)ccc(C=O)c1OB1OC(C)(C)C(C)(C)O1. The molecule has 1 heterocycles. The van der Waals surface area contributed by atoms with Gasteiger partial charge in [0.15, 0.2) is 6.29 Å². The minimum atomic E-state index is -0.892. The van der Waals surface area contributed by atoms with Crippen molar-refractivity contribution in [2.75, 3.05) is 0 Å². The van der Waals surface area contributed by atoms with E-state index in [1.807, 2.05) is 65.0 Å². The highest BCUT2D eigenvalue weighted by atomic mass is 16.8. The van der Waals surface area contributed by atoms with Crippen LogP contribution in [0.15, 0.2) is 42.5 Å². The van der Waals surface area contributed by atoms with Gasteiger partial charge < -0.3 is 18.7 Å². The Morgan fingerprint density at radius 1 is 1.00 bits per heavy atom. The fraction of sp³-hybridized carbons (Fsp3) is 0.381. The van der Waals surface area contributed by atoms with Crippen LogP contribution in [-0.2, 0) is 15.9 Å². The molecule has 0 atom stereocenters. The van der Waals surface area contributed by atoms with Crippen LogP contribution in [0.25, 0.3) is 0 Å². The van der Waals surface area contributed by atoms with E-state index >= 15 is 0 Å². The zero-order valence-electron chi connectivity index (χ0n) is 16.4. The van der Waals surface area contributed by atoms with Crippen LogP contribution in [0, 0.1) is 6.92 Å². The molecule has 0 aliphatic carbocycles. The molecule has 5 nitrogen and oxygen atoms in total. The average molecular weight is 368 g/mol. The first-order chi connectivity index (χ1) is 12.7. The molecule has 0 N–H and O–H groups in total. The quantitative estimate of drug-likeness (QED) is 0.560. The maximum atomic E-state index is 11.5. The summed E-state index contributed by atoms with van der Waals surface area (Å²) >= 11 is 0. The van der Waals surface area contributed by atoms with Crippen molar-refractivity contribution < 1.29 is 23.5 Å². The highest BCUT2D eigenvalue weighted by Gasteiger charge is 2.54. The van der Waals surface area contributed by atoms with E-state index in [1.54, 1.807) is 12.1 Å². The fourth-order valence-electron chi connectivity index (χ4n) is 2.77. The Bertz CT molecular complexity index is 801. The zero-order chi connectivity index (χ0) is 19.7. The van der Waals surface area contributed by atoms with Crippen LogP contribution < -0.4 is 9.39 Å². The predicted molar refractivity (Wildman–Crippen MR) is 104 cm³/mol. The van der Waals surface area contributed by atoms with Crippen LogP contribution in [0.2, 0.25) is 0 Å². The van der Waals surface area contributed by atoms with Crippen LogP contribution in [0.4, 0.5) is 0 Å². The van der Waals surface area contributed by atoms with Gasteiger partial charge in [-0.1, -0.05) is 30.3 Å². The van der Waals surface area contributed by atoms with Crippen LogP contribution in [0.3, 0.4) is 0 Å². The van der Waals surface area contributed by atoms with Gasteiger partial charge in [0.05, 0.1) is 16.8 Å². The van der Waals surface area contributed by atoms with E-state index in [2.05, 4.69) is 0 Å². The topological polar surface area (TPSA) is 54.0 Å². The van der Waals surface area contributed by atoms with Crippen molar-refractivity contribution in [1.82, 2.24) is 0 Å². The van der Waals surface area contributed by atoms with E-state index in [9.17, 15) is 4.79 Å². The second-order valence-electron chi connectivity index (χ2n) is 7.66. The number of hydrogen-bond acceptors (Lipinski definition) is 5. The predicted octanol–water partition coefficient (Wildman–Crippen LogP) is 4.35. The molecule has 0 radical (unpaired) electrons. The summed E-state index contributed by atoms with van der Waals surface area (Å²) in [5.74, 6) is 1.06. The lowest BCUT2D eigenvalue weighted by Gasteiger charge is -2.31. The molecule has 0 bridgehead atoms. The highest BCUT2D eigenvalue weighted by molar-refractivity contribution is 6.38. The first-order valence-corrected chi connectivity index (χ1v) is 9.01. The zero-order valence-corrected chi connectivity index (χ0v) is 16.4. The molecule has 1 aliphatic heterocycles. The Kier molecular flexibility index (Phi) is 5.31.